The van der Waals surface area contributed by atoms with Crippen molar-refractivity contribution in [2.45, 2.75) is 19.0 Å². The van der Waals surface area contributed by atoms with E-state index in [1.165, 1.54) is 7.11 Å². The number of rotatable bonds is 8. The van der Waals surface area contributed by atoms with Gasteiger partial charge in [0.05, 0.1) is 13.7 Å². The van der Waals surface area contributed by atoms with Crippen LogP contribution in [-0.2, 0) is 11.3 Å². The first-order chi connectivity index (χ1) is 8.72. The zero-order chi connectivity index (χ0) is 13.4. The molecule has 1 aromatic carbocycles. The zero-order valence-electron chi connectivity index (χ0n) is 10.8. The second kappa shape index (κ2) is 8.02. The Morgan fingerprint density at radius 1 is 1.39 bits per heavy atom. The molecule has 0 aromatic heterocycles. The van der Waals surface area contributed by atoms with Gasteiger partial charge in [0.25, 0.3) is 0 Å². The van der Waals surface area contributed by atoms with Gasteiger partial charge in [-0.05, 0) is 12.5 Å². The van der Waals surface area contributed by atoms with E-state index >= 15 is 0 Å². The molecule has 0 bridgehead atoms. The molecule has 4 nitrogen and oxygen atoms in total. The van der Waals surface area contributed by atoms with Gasteiger partial charge in [-0.25, -0.2) is 4.39 Å². The number of nitrogens with one attached hydrogen (secondary N) is 1. The molecule has 1 unspecified atom stereocenters. The van der Waals surface area contributed by atoms with Crippen molar-refractivity contribution in [3.8, 4) is 5.75 Å². The van der Waals surface area contributed by atoms with Gasteiger partial charge in [0.2, 0.25) is 0 Å². The molecular weight excluding hydrogens is 237 g/mol. The van der Waals surface area contributed by atoms with Crippen LogP contribution < -0.4 is 10.1 Å². The molecule has 0 fully saturated rings. The zero-order valence-corrected chi connectivity index (χ0v) is 10.8. The van der Waals surface area contributed by atoms with Gasteiger partial charge in [-0.15, -0.1) is 0 Å². The second-order valence-corrected chi connectivity index (χ2v) is 3.98. The lowest BCUT2D eigenvalue weighted by Gasteiger charge is -2.17. The lowest BCUT2D eigenvalue weighted by molar-refractivity contribution is 0.148. The molecule has 1 rings (SSSR count). The van der Waals surface area contributed by atoms with Gasteiger partial charge in [-0.3, -0.25) is 0 Å². The standard InChI is InChI=1S/C13H20FNO3/c1-17-9-11(6-7-16)15-8-10-4-3-5-12(18-2)13(10)14/h3-5,11,15-16H,6-9H2,1-2H3. The van der Waals surface area contributed by atoms with E-state index in [-0.39, 0.29) is 24.2 Å². The third kappa shape index (κ3) is 4.25. The summed E-state index contributed by atoms with van der Waals surface area (Å²) in [7, 11) is 3.04. The molecular formula is C13H20FNO3. The minimum atomic E-state index is -0.354. The summed E-state index contributed by atoms with van der Waals surface area (Å²) < 4.78 is 23.8. The van der Waals surface area contributed by atoms with Crippen molar-refractivity contribution in [3.05, 3.63) is 29.6 Å². The number of halogens is 1. The van der Waals surface area contributed by atoms with Gasteiger partial charge in [0.15, 0.2) is 11.6 Å². The number of aliphatic hydroxyl groups excluding tert-OH is 1. The molecule has 2 N–H and O–H groups in total. The minimum Gasteiger partial charge on any atom is -0.494 e. The highest BCUT2D eigenvalue weighted by atomic mass is 19.1. The Labute approximate surface area is 107 Å². The Morgan fingerprint density at radius 3 is 2.78 bits per heavy atom. The van der Waals surface area contributed by atoms with Crippen molar-refractivity contribution in [1.29, 1.82) is 0 Å². The maximum atomic E-state index is 13.8. The van der Waals surface area contributed by atoms with E-state index < -0.39 is 0 Å². The average Bonchev–Trinajstić information content (AvgIpc) is 2.38. The third-order valence-corrected chi connectivity index (χ3v) is 2.69. The molecule has 1 aromatic rings. The Hall–Kier alpha value is -1.17. The summed E-state index contributed by atoms with van der Waals surface area (Å²) in [6.45, 7) is 0.921. The van der Waals surface area contributed by atoms with Crippen LogP contribution in [0.3, 0.4) is 0 Å². The topological polar surface area (TPSA) is 50.7 Å². The van der Waals surface area contributed by atoms with E-state index in [9.17, 15) is 4.39 Å². The van der Waals surface area contributed by atoms with Crippen LogP contribution in [0.4, 0.5) is 4.39 Å². The lowest BCUT2D eigenvalue weighted by atomic mass is 10.1. The number of benzene rings is 1. The molecule has 0 radical (unpaired) electrons. The summed E-state index contributed by atoms with van der Waals surface area (Å²) in [4.78, 5) is 0. The highest BCUT2D eigenvalue weighted by Gasteiger charge is 2.11. The molecule has 0 heterocycles. The fourth-order valence-electron chi connectivity index (χ4n) is 1.71. The maximum absolute atomic E-state index is 13.8. The summed E-state index contributed by atoms with van der Waals surface area (Å²) in [5, 5.41) is 12.1. The predicted octanol–water partition coefficient (Wildman–Crippen LogP) is 1.32. The summed E-state index contributed by atoms with van der Waals surface area (Å²) in [6.07, 6.45) is 0.569. The first-order valence-electron chi connectivity index (χ1n) is 5.87. The smallest absolute Gasteiger partial charge is 0.169 e. The van der Waals surface area contributed by atoms with Crippen molar-refractivity contribution in [1.82, 2.24) is 5.32 Å². The van der Waals surface area contributed by atoms with Crippen LogP contribution in [-0.4, -0.2) is 38.6 Å². The van der Waals surface area contributed by atoms with Gasteiger partial charge < -0.3 is 19.9 Å². The lowest BCUT2D eigenvalue weighted by Crippen LogP contribution is -2.33. The van der Waals surface area contributed by atoms with E-state index in [1.807, 2.05) is 0 Å². The molecule has 0 aliphatic carbocycles. The fourth-order valence-corrected chi connectivity index (χ4v) is 1.71. The van der Waals surface area contributed by atoms with Crippen molar-refractivity contribution in [3.63, 3.8) is 0 Å². The molecule has 0 aliphatic heterocycles. The first-order valence-corrected chi connectivity index (χ1v) is 5.87. The van der Waals surface area contributed by atoms with E-state index in [0.29, 0.717) is 25.1 Å². The predicted molar refractivity (Wildman–Crippen MR) is 67.2 cm³/mol. The van der Waals surface area contributed by atoms with E-state index in [1.54, 1.807) is 25.3 Å². The summed E-state index contributed by atoms with van der Waals surface area (Å²) in [6, 6.07) is 5.04. The number of hydrogen-bond acceptors (Lipinski definition) is 4. The highest BCUT2D eigenvalue weighted by Crippen LogP contribution is 2.19. The number of ether oxygens (including phenoxy) is 2. The summed E-state index contributed by atoms with van der Waals surface area (Å²) >= 11 is 0. The molecule has 0 saturated heterocycles. The second-order valence-electron chi connectivity index (χ2n) is 3.98. The van der Waals surface area contributed by atoms with Gasteiger partial charge in [-0.1, -0.05) is 12.1 Å². The highest BCUT2D eigenvalue weighted by molar-refractivity contribution is 5.30. The van der Waals surface area contributed by atoms with E-state index in [2.05, 4.69) is 5.32 Å². The van der Waals surface area contributed by atoms with Crippen molar-refractivity contribution >= 4 is 0 Å². The van der Waals surface area contributed by atoms with Gasteiger partial charge in [-0.2, -0.15) is 0 Å². The molecule has 0 spiro atoms. The Morgan fingerprint density at radius 2 is 2.17 bits per heavy atom. The van der Waals surface area contributed by atoms with Crippen LogP contribution in [0.15, 0.2) is 18.2 Å². The van der Waals surface area contributed by atoms with Gasteiger partial charge in [0, 0.05) is 31.9 Å². The van der Waals surface area contributed by atoms with Crippen LogP contribution >= 0.6 is 0 Å². The molecule has 0 saturated carbocycles. The fraction of sp³-hybridized carbons (Fsp3) is 0.538. The van der Waals surface area contributed by atoms with Crippen LogP contribution in [0.1, 0.15) is 12.0 Å². The van der Waals surface area contributed by atoms with Crippen molar-refractivity contribution < 1.29 is 19.0 Å². The van der Waals surface area contributed by atoms with Crippen molar-refractivity contribution in [2.24, 2.45) is 0 Å². The third-order valence-electron chi connectivity index (χ3n) is 2.69. The van der Waals surface area contributed by atoms with Crippen LogP contribution in [0.25, 0.3) is 0 Å². The van der Waals surface area contributed by atoms with Crippen LogP contribution in [0.2, 0.25) is 0 Å². The minimum absolute atomic E-state index is 0.00519. The first kappa shape index (κ1) is 14.9. The van der Waals surface area contributed by atoms with Crippen LogP contribution in [0.5, 0.6) is 5.75 Å². The molecule has 0 aliphatic rings. The van der Waals surface area contributed by atoms with Crippen LogP contribution in [0, 0.1) is 5.82 Å². The molecule has 0 amide bonds. The monoisotopic (exact) mass is 257 g/mol. The number of methoxy groups -OCH3 is 2. The summed E-state index contributed by atoms with van der Waals surface area (Å²) in [5.41, 5.74) is 0.536. The Balaban J connectivity index is 2.61. The summed E-state index contributed by atoms with van der Waals surface area (Å²) in [5.74, 6) is -0.118. The van der Waals surface area contributed by atoms with Gasteiger partial charge in [0.1, 0.15) is 0 Å². The quantitative estimate of drug-likeness (QED) is 0.737. The van der Waals surface area contributed by atoms with E-state index in [4.69, 9.17) is 14.6 Å². The van der Waals surface area contributed by atoms with Gasteiger partial charge >= 0.3 is 0 Å². The van der Waals surface area contributed by atoms with Crippen molar-refractivity contribution in [2.75, 3.05) is 27.4 Å². The molecule has 102 valence electrons. The number of hydrogen-bond donors (Lipinski definition) is 2. The maximum Gasteiger partial charge on any atom is 0.169 e. The SMILES string of the molecule is COCC(CCO)NCc1cccc(OC)c1F. The normalized spacial score (nSPS) is 12.4. The molecule has 5 heteroatoms. The Bertz CT molecular complexity index is 354. The molecule has 18 heavy (non-hydrogen) atoms. The Kier molecular flexibility index (Phi) is 6.64. The van der Waals surface area contributed by atoms with E-state index in [0.717, 1.165) is 0 Å². The largest absolute Gasteiger partial charge is 0.494 e. The number of aliphatic hydroxyl groups is 1. The average molecular weight is 257 g/mol. The molecule has 1 atom stereocenters.